The number of aromatic nitrogens is 2. The predicted molar refractivity (Wildman–Crippen MR) is 85.9 cm³/mol. The van der Waals surface area contributed by atoms with E-state index in [1.54, 1.807) is 0 Å². The number of thiophene rings is 1. The van der Waals surface area contributed by atoms with Crippen molar-refractivity contribution in [3.8, 4) is 10.7 Å². The summed E-state index contributed by atoms with van der Waals surface area (Å²) >= 11 is 1.48. The average Bonchev–Trinajstić information content (AvgIpc) is 3.24. The number of hydrogen-bond donors (Lipinski definition) is 1. The molecule has 0 spiro atoms. The van der Waals surface area contributed by atoms with Crippen LogP contribution in [0.1, 0.15) is 38.0 Å². The molecule has 0 bridgehead atoms. The van der Waals surface area contributed by atoms with Crippen molar-refractivity contribution in [1.82, 2.24) is 15.5 Å². The lowest BCUT2D eigenvalue weighted by molar-refractivity contribution is -0.184. The highest BCUT2D eigenvalue weighted by molar-refractivity contribution is 7.13. The first-order valence-electron chi connectivity index (χ1n) is 8.14. The van der Waals surface area contributed by atoms with Gasteiger partial charge in [0.15, 0.2) is 0 Å². The van der Waals surface area contributed by atoms with Crippen molar-refractivity contribution in [3.05, 3.63) is 23.4 Å². The number of hydrogen-bond acceptors (Lipinski definition) is 5. The van der Waals surface area contributed by atoms with Gasteiger partial charge in [0.25, 0.3) is 0 Å². The molecule has 0 saturated heterocycles. The molecule has 2 aromatic rings. The largest absolute Gasteiger partial charge is 0.391 e. The molecule has 2 heterocycles. The first-order chi connectivity index (χ1) is 11.9. The second-order valence-corrected chi connectivity index (χ2v) is 7.11. The number of amides is 1. The molecule has 25 heavy (non-hydrogen) atoms. The lowest BCUT2D eigenvalue weighted by Gasteiger charge is -2.31. The average molecular weight is 373 g/mol. The molecule has 2 aromatic heterocycles. The van der Waals surface area contributed by atoms with Gasteiger partial charge < -0.3 is 9.84 Å². The molecule has 0 aromatic carbocycles. The lowest BCUT2D eigenvalue weighted by Crippen LogP contribution is -2.41. The molecule has 3 rings (SSSR count). The fourth-order valence-corrected chi connectivity index (χ4v) is 3.65. The van der Waals surface area contributed by atoms with Crippen molar-refractivity contribution in [2.75, 3.05) is 0 Å². The minimum absolute atomic E-state index is 0.0433. The molecule has 0 aliphatic heterocycles. The highest BCUT2D eigenvalue weighted by Crippen LogP contribution is 2.37. The Kier molecular flexibility index (Phi) is 5.41. The van der Waals surface area contributed by atoms with Crippen LogP contribution in [0.3, 0.4) is 0 Å². The smallest absolute Gasteiger partial charge is 0.353 e. The van der Waals surface area contributed by atoms with Crippen molar-refractivity contribution < 1.29 is 22.5 Å². The Hall–Kier alpha value is -1.90. The first kappa shape index (κ1) is 17.9. The highest BCUT2D eigenvalue weighted by atomic mass is 32.1. The summed E-state index contributed by atoms with van der Waals surface area (Å²) < 4.78 is 43.5. The van der Waals surface area contributed by atoms with Crippen molar-refractivity contribution in [3.63, 3.8) is 0 Å². The summed E-state index contributed by atoms with van der Waals surface area (Å²) in [4.78, 5) is 17.1. The zero-order chi connectivity index (χ0) is 17.9. The van der Waals surface area contributed by atoms with Gasteiger partial charge in [-0.15, -0.1) is 11.3 Å². The van der Waals surface area contributed by atoms with Gasteiger partial charge in [0.2, 0.25) is 17.6 Å². The van der Waals surface area contributed by atoms with Crippen LogP contribution in [0, 0.1) is 5.92 Å². The third-order valence-electron chi connectivity index (χ3n) is 4.28. The summed E-state index contributed by atoms with van der Waals surface area (Å²) in [7, 11) is 0. The van der Waals surface area contributed by atoms with Crippen molar-refractivity contribution in [2.24, 2.45) is 5.92 Å². The Labute approximate surface area is 146 Å². The highest BCUT2D eigenvalue weighted by Gasteiger charge is 2.42. The van der Waals surface area contributed by atoms with Gasteiger partial charge in [-0.2, -0.15) is 18.2 Å². The van der Waals surface area contributed by atoms with Gasteiger partial charge in [-0.05, 0) is 30.7 Å². The molecule has 2 atom stereocenters. The van der Waals surface area contributed by atoms with Crippen LogP contribution in [0.15, 0.2) is 22.0 Å². The lowest BCUT2D eigenvalue weighted by atomic mass is 9.85. The van der Waals surface area contributed by atoms with Gasteiger partial charge in [0.05, 0.1) is 10.8 Å². The first-order valence-corrected chi connectivity index (χ1v) is 9.02. The summed E-state index contributed by atoms with van der Waals surface area (Å²) in [6.07, 6.45) is -2.66. The molecule has 2 unspecified atom stereocenters. The van der Waals surface area contributed by atoms with Crippen LogP contribution in [-0.2, 0) is 11.2 Å². The van der Waals surface area contributed by atoms with E-state index >= 15 is 0 Å². The molecular formula is C16H18F3N3O2S. The fraction of sp³-hybridized carbons (Fsp3) is 0.562. The number of nitrogens with zero attached hydrogens (tertiary/aromatic N) is 2. The minimum Gasteiger partial charge on any atom is -0.353 e. The van der Waals surface area contributed by atoms with E-state index < -0.39 is 18.1 Å². The number of rotatable bonds is 5. The van der Waals surface area contributed by atoms with Gasteiger partial charge in [-0.1, -0.05) is 17.6 Å². The molecular weight excluding hydrogens is 355 g/mol. The van der Waals surface area contributed by atoms with E-state index in [0.29, 0.717) is 24.6 Å². The fourth-order valence-electron chi connectivity index (χ4n) is 3.00. The molecule has 5 nitrogen and oxygen atoms in total. The van der Waals surface area contributed by atoms with Gasteiger partial charge >= 0.3 is 6.18 Å². The van der Waals surface area contributed by atoms with Gasteiger partial charge in [0.1, 0.15) is 0 Å². The van der Waals surface area contributed by atoms with Crippen molar-refractivity contribution in [1.29, 1.82) is 0 Å². The van der Waals surface area contributed by atoms with Gasteiger partial charge in [0, 0.05) is 18.9 Å². The number of nitrogens with one attached hydrogen (secondary N) is 1. The monoisotopic (exact) mass is 373 g/mol. The van der Waals surface area contributed by atoms with Crippen LogP contribution in [0.25, 0.3) is 10.7 Å². The van der Waals surface area contributed by atoms with Crippen LogP contribution in [0.4, 0.5) is 13.2 Å². The van der Waals surface area contributed by atoms with Gasteiger partial charge in [-0.3, -0.25) is 4.79 Å². The maximum Gasteiger partial charge on any atom is 0.391 e. The zero-order valence-electron chi connectivity index (χ0n) is 13.4. The molecule has 9 heteroatoms. The Balaban J connectivity index is 1.47. The standard InChI is InChI=1S/C16H18F3N3O2S/c17-16(18,19)10-3-1-4-11(9-10)20-13(23)6-7-14-21-15(22-24-14)12-5-2-8-25-12/h2,5,8,10-11H,1,3-4,6-7,9H2,(H,20,23). The van der Waals surface area contributed by atoms with E-state index in [-0.39, 0.29) is 31.6 Å². The van der Waals surface area contributed by atoms with Crippen LogP contribution >= 0.6 is 11.3 Å². The number of alkyl halides is 3. The second kappa shape index (κ2) is 7.55. The van der Waals surface area contributed by atoms with E-state index in [1.165, 1.54) is 11.3 Å². The van der Waals surface area contributed by atoms with Crippen LogP contribution < -0.4 is 5.32 Å². The summed E-state index contributed by atoms with van der Waals surface area (Å²) in [6.45, 7) is 0. The SMILES string of the molecule is O=C(CCc1nc(-c2cccs2)no1)NC1CCCC(C(F)(F)F)C1. The molecule has 1 aliphatic rings. The number of carbonyl (C=O) groups is 1. The summed E-state index contributed by atoms with van der Waals surface area (Å²) in [5, 5.41) is 8.46. The summed E-state index contributed by atoms with van der Waals surface area (Å²) in [6, 6.07) is 3.32. The van der Waals surface area contributed by atoms with Crippen LogP contribution in [0.5, 0.6) is 0 Å². The molecule has 1 fully saturated rings. The zero-order valence-corrected chi connectivity index (χ0v) is 14.2. The molecule has 0 radical (unpaired) electrons. The number of carbonyl (C=O) groups excluding carboxylic acids is 1. The predicted octanol–water partition coefficient (Wildman–Crippen LogP) is 3.97. The van der Waals surface area contributed by atoms with E-state index in [0.717, 1.165) is 4.88 Å². The molecule has 1 N–H and O–H groups in total. The topological polar surface area (TPSA) is 68.0 Å². The summed E-state index contributed by atoms with van der Waals surface area (Å²) in [5.74, 6) is -0.791. The molecule has 1 aliphatic carbocycles. The van der Waals surface area contributed by atoms with Gasteiger partial charge in [-0.25, -0.2) is 0 Å². The summed E-state index contributed by atoms with van der Waals surface area (Å²) in [5.41, 5.74) is 0. The maximum absolute atomic E-state index is 12.8. The quantitative estimate of drug-likeness (QED) is 0.861. The Morgan fingerprint density at radius 3 is 2.96 bits per heavy atom. The maximum atomic E-state index is 12.8. The number of halogens is 3. The third kappa shape index (κ3) is 4.81. The molecule has 136 valence electrons. The Bertz CT molecular complexity index is 700. The normalized spacial score (nSPS) is 21.2. The molecule has 1 saturated carbocycles. The van der Waals surface area contributed by atoms with Crippen LogP contribution in [-0.4, -0.2) is 28.3 Å². The van der Waals surface area contributed by atoms with Crippen LogP contribution in [0.2, 0.25) is 0 Å². The van der Waals surface area contributed by atoms with E-state index in [4.69, 9.17) is 4.52 Å². The molecule has 1 amide bonds. The second-order valence-electron chi connectivity index (χ2n) is 6.16. The van der Waals surface area contributed by atoms with Crippen molar-refractivity contribution in [2.45, 2.75) is 50.7 Å². The van der Waals surface area contributed by atoms with Crippen molar-refractivity contribution >= 4 is 17.2 Å². The number of aryl methyl sites for hydroxylation is 1. The van der Waals surface area contributed by atoms with E-state index in [1.807, 2.05) is 17.5 Å². The van der Waals surface area contributed by atoms with E-state index in [2.05, 4.69) is 15.5 Å². The Morgan fingerprint density at radius 1 is 1.40 bits per heavy atom. The van der Waals surface area contributed by atoms with E-state index in [9.17, 15) is 18.0 Å². The minimum atomic E-state index is -4.19. The Morgan fingerprint density at radius 2 is 2.24 bits per heavy atom. The third-order valence-corrected chi connectivity index (χ3v) is 5.14.